The highest BCUT2D eigenvalue weighted by atomic mass is 35.5. The van der Waals surface area contributed by atoms with Crippen molar-refractivity contribution in [3.8, 4) is 0 Å². The van der Waals surface area contributed by atoms with E-state index in [0.717, 1.165) is 15.4 Å². The summed E-state index contributed by atoms with van der Waals surface area (Å²) in [5.74, 6) is -0.433. The maximum Gasteiger partial charge on any atom is 0.264 e. The molecule has 0 atom stereocenters. The highest BCUT2D eigenvalue weighted by Crippen LogP contribution is 2.26. The second-order valence-corrected chi connectivity index (χ2v) is 8.74. The van der Waals surface area contributed by atoms with Gasteiger partial charge in [-0.2, -0.15) is 0 Å². The molecule has 2 aromatic carbocycles. The topological polar surface area (TPSA) is 79.4 Å². The van der Waals surface area contributed by atoms with Gasteiger partial charge in [-0.05, 0) is 55.0 Å². The van der Waals surface area contributed by atoms with Gasteiger partial charge in [0.15, 0.2) is 0 Å². The van der Waals surface area contributed by atoms with E-state index in [0.29, 0.717) is 10.7 Å². The number of nitrogens with zero attached hydrogens (tertiary/aromatic N) is 2. The quantitative estimate of drug-likeness (QED) is 0.622. The van der Waals surface area contributed by atoms with Crippen LogP contribution in [-0.4, -0.2) is 25.9 Å². The maximum absolute atomic E-state index is 13.3. The van der Waals surface area contributed by atoms with E-state index >= 15 is 0 Å². The number of nitrogens with one attached hydrogen (secondary N) is 1. The van der Waals surface area contributed by atoms with Crippen molar-refractivity contribution in [3.05, 3.63) is 89.2 Å². The van der Waals surface area contributed by atoms with E-state index in [1.54, 1.807) is 54.9 Å². The van der Waals surface area contributed by atoms with E-state index in [1.807, 2.05) is 6.92 Å². The molecule has 1 amide bonds. The van der Waals surface area contributed by atoms with Crippen LogP contribution < -0.4 is 9.62 Å². The van der Waals surface area contributed by atoms with Gasteiger partial charge in [-0.25, -0.2) is 8.42 Å². The molecule has 0 fully saturated rings. The zero-order valence-electron chi connectivity index (χ0n) is 15.7. The molecule has 3 aromatic rings. The van der Waals surface area contributed by atoms with Crippen molar-refractivity contribution in [3.63, 3.8) is 0 Å². The van der Waals surface area contributed by atoms with Crippen LogP contribution in [0.4, 0.5) is 5.69 Å². The largest absolute Gasteiger partial charge is 0.350 e. The van der Waals surface area contributed by atoms with Gasteiger partial charge in [-0.15, -0.1) is 0 Å². The molecule has 0 saturated heterocycles. The lowest BCUT2D eigenvalue weighted by Crippen LogP contribution is -2.40. The SMILES string of the molecule is Cc1ccc(S(=O)(=O)N(CC(=O)NCc2ccncc2)c2cccc(Cl)c2)cc1. The number of hydrogen-bond donors (Lipinski definition) is 1. The van der Waals surface area contributed by atoms with E-state index in [9.17, 15) is 13.2 Å². The van der Waals surface area contributed by atoms with Gasteiger partial charge in [0.1, 0.15) is 6.54 Å². The third-order valence-electron chi connectivity index (χ3n) is 4.23. The molecule has 0 aliphatic heterocycles. The van der Waals surface area contributed by atoms with Crippen LogP contribution in [-0.2, 0) is 21.4 Å². The molecule has 1 aromatic heterocycles. The van der Waals surface area contributed by atoms with Gasteiger partial charge in [-0.1, -0.05) is 35.4 Å². The average Bonchev–Trinajstić information content (AvgIpc) is 2.71. The first-order chi connectivity index (χ1) is 13.9. The summed E-state index contributed by atoms with van der Waals surface area (Å²) in [5, 5.41) is 3.12. The van der Waals surface area contributed by atoms with Crippen molar-refractivity contribution in [1.82, 2.24) is 10.3 Å². The van der Waals surface area contributed by atoms with Crippen molar-refractivity contribution in [2.24, 2.45) is 0 Å². The van der Waals surface area contributed by atoms with Gasteiger partial charge in [0.05, 0.1) is 10.6 Å². The normalized spacial score (nSPS) is 11.1. The first kappa shape index (κ1) is 20.8. The highest BCUT2D eigenvalue weighted by molar-refractivity contribution is 7.92. The summed E-state index contributed by atoms with van der Waals surface area (Å²) in [6.45, 7) is 1.77. The molecule has 6 nitrogen and oxygen atoms in total. The first-order valence-electron chi connectivity index (χ1n) is 8.87. The zero-order valence-corrected chi connectivity index (χ0v) is 17.3. The molecule has 0 unspecified atom stereocenters. The number of aryl methyl sites for hydroxylation is 1. The highest BCUT2D eigenvalue weighted by Gasteiger charge is 2.27. The van der Waals surface area contributed by atoms with Crippen LogP contribution in [0, 0.1) is 6.92 Å². The molecular weight excluding hydrogens is 410 g/mol. The molecule has 0 saturated carbocycles. The van der Waals surface area contributed by atoms with Crippen LogP contribution >= 0.6 is 11.6 Å². The number of carbonyl (C=O) groups is 1. The van der Waals surface area contributed by atoms with E-state index < -0.39 is 15.9 Å². The molecule has 29 heavy (non-hydrogen) atoms. The Morgan fingerprint density at radius 3 is 2.41 bits per heavy atom. The van der Waals surface area contributed by atoms with Crippen LogP contribution in [0.15, 0.2) is 78.0 Å². The van der Waals surface area contributed by atoms with Crippen molar-refractivity contribution in [2.45, 2.75) is 18.4 Å². The fourth-order valence-electron chi connectivity index (χ4n) is 2.67. The number of pyridine rings is 1. The molecule has 150 valence electrons. The van der Waals surface area contributed by atoms with Crippen LogP contribution in [0.5, 0.6) is 0 Å². The summed E-state index contributed by atoms with van der Waals surface area (Å²) in [7, 11) is -3.96. The fraction of sp³-hybridized carbons (Fsp3) is 0.143. The summed E-state index contributed by atoms with van der Waals surface area (Å²) in [6, 6.07) is 16.4. The summed E-state index contributed by atoms with van der Waals surface area (Å²) in [5.41, 5.74) is 2.12. The Balaban J connectivity index is 1.87. The molecule has 0 radical (unpaired) electrons. The van der Waals surface area contributed by atoms with Crippen molar-refractivity contribution in [2.75, 3.05) is 10.8 Å². The van der Waals surface area contributed by atoms with Gasteiger partial charge < -0.3 is 5.32 Å². The van der Waals surface area contributed by atoms with E-state index in [4.69, 9.17) is 11.6 Å². The Morgan fingerprint density at radius 2 is 1.76 bits per heavy atom. The monoisotopic (exact) mass is 429 g/mol. The molecule has 8 heteroatoms. The standard InChI is InChI=1S/C21H20ClN3O3S/c1-16-5-7-20(8-6-16)29(27,28)25(19-4-2-3-18(22)13-19)15-21(26)24-14-17-9-11-23-12-10-17/h2-13H,14-15H2,1H3,(H,24,26). The third-order valence-corrected chi connectivity index (χ3v) is 6.25. The molecule has 1 heterocycles. The number of benzene rings is 2. The maximum atomic E-state index is 13.3. The number of aromatic nitrogens is 1. The second-order valence-electron chi connectivity index (χ2n) is 6.44. The average molecular weight is 430 g/mol. The summed E-state index contributed by atoms with van der Waals surface area (Å²) < 4.78 is 27.6. The van der Waals surface area contributed by atoms with Crippen LogP contribution in [0.2, 0.25) is 5.02 Å². The van der Waals surface area contributed by atoms with E-state index in [2.05, 4.69) is 10.3 Å². The lowest BCUT2D eigenvalue weighted by atomic mass is 10.2. The van der Waals surface area contributed by atoms with Crippen molar-refractivity contribution >= 4 is 33.2 Å². The molecular formula is C21H20ClN3O3S. The number of hydrogen-bond acceptors (Lipinski definition) is 4. The van der Waals surface area contributed by atoms with Gasteiger partial charge in [0.25, 0.3) is 10.0 Å². The third kappa shape index (κ3) is 5.34. The Kier molecular flexibility index (Phi) is 6.51. The van der Waals surface area contributed by atoms with Crippen LogP contribution in [0.1, 0.15) is 11.1 Å². The second kappa shape index (κ2) is 9.07. The van der Waals surface area contributed by atoms with Crippen molar-refractivity contribution in [1.29, 1.82) is 0 Å². The minimum absolute atomic E-state index is 0.102. The first-order valence-corrected chi connectivity index (χ1v) is 10.7. The lowest BCUT2D eigenvalue weighted by Gasteiger charge is -2.24. The summed E-state index contributed by atoms with van der Waals surface area (Å²) in [4.78, 5) is 16.6. The number of rotatable bonds is 7. The Bertz CT molecular complexity index is 1090. The van der Waals surface area contributed by atoms with Crippen LogP contribution in [0.25, 0.3) is 0 Å². The number of sulfonamides is 1. The zero-order chi connectivity index (χ0) is 20.9. The minimum Gasteiger partial charge on any atom is -0.350 e. The smallest absolute Gasteiger partial charge is 0.264 e. The number of carbonyl (C=O) groups excluding carboxylic acids is 1. The number of amides is 1. The number of halogens is 1. The predicted molar refractivity (Wildman–Crippen MR) is 113 cm³/mol. The van der Waals surface area contributed by atoms with Gasteiger partial charge >= 0.3 is 0 Å². The fourth-order valence-corrected chi connectivity index (χ4v) is 4.27. The van der Waals surface area contributed by atoms with Crippen molar-refractivity contribution < 1.29 is 13.2 Å². The molecule has 1 N–H and O–H groups in total. The number of anilines is 1. The van der Waals surface area contributed by atoms with Gasteiger partial charge in [-0.3, -0.25) is 14.1 Å². The van der Waals surface area contributed by atoms with Crippen LogP contribution in [0.3, 0.4) is 0 Å². The Hall–Kier alpha value is -2.90. The van der Waals surface area contributed by atoms with E-state index in [-0.39, 0.29) is 18.0 Å². The molecule has 0 bridgehead atoms. The molecule has 0 spiro atoms. The predicted octanol–water partition coefficient (Wildman–Crippen LogP) is 3.56. The molecule has 0 aliphatic carbocycles. The molecule has 3 rings (SSSR count). The molecule has 0 aliphatic rings. The van der Waals surface area contributed by atoms with Gasteiger partial charge in [0.2, 0.25) is 5.91 Å². The summed E-state index contributed by atoms with van der Waals surface area (Å²) >= 11 is 6.06. The summed E-state index contributed by atoms with van der Waals surface area (Å²) in [6.07, 6.45) is 3.25. The Morgan fingerprint density at radius 1 is 1.07 bits per heavy atom. The van der Waals surface area contributed by atoms with Gasteiger partial charge in [0, 0.05) is 24.0 Å². The minimum atomic E-state index is -3.96. The lowest BCUT2D eigenvalue weighted by molar-refractivity contribution is -0.119. The van der Waals surface area contributed by atoms with E-state index in [1.165, 1.54) is 18.2 Å². The Labute approximate surface area is 175 Å².